The normalized spacial score (nSPS) is 18.6. The predicted octanol–water partition coefficient (Wildman–Crippen LogP) is 1.74. The molecule has 23 heavy (non-hydrogen) atoms. The summed E-state index contributed by atoms with van der Waals surface area (Å²) in [5.74, 6) is 1.12. The molecule has 2 heterocycles. The monoisotopic (exact) mass is 319 g/mol. The number of amides is 1. The first-order valence-corrected chi connectivity index (χ1v) is 8.43. The summed E-state index contributed by atoms with van der Waals surface area (Å²) in [6.07, 6.45) is 1.14. The summed E-state index contributed by atoms with van der Waals surface area (Å²) >= 11 is 0. The molecule has 1 atom stereocenters. The van der Waals surface area contributed by atoms with Crippen molar-refractivity contribution in [2.45, 2.75) is 27.2 Å². The van der Waals surface area contributed by atoms with Crippen LogP contribution in [0.4, 0.5) is 0 Å². The molecule has 0 aromatic carbocycles. The van der Waals surface area contributed by atoms with Crippen molar-refractivity contribution >= 4 is 5.91 Å². The first kappa shape index (κ1) is 17.7. The van der Waals surface area contributed by atoms with Crippen molar-refractivity contribution in [1.82, 2.24) is 14.4 Å². The number of hydrogen-bond donors (Lipinski definition) is 0. The summed E-state index contributed by atoms with van der Waals surface area (Å²) in [4.78, 5) is 28.6. The highest BCUT2D eigenvalue weighted by atomic mass is 16.2. The fraction of sp³-hybridized carbons (Fsp3) is 0.667. The number of hydrogen-bond acceptors (Lipinski definition) is 3. The number of nitrogens with zero attached hydrogens (tertiary/aromatic N) is 3. The van der Waals surface area contributed by atoms with Crippen LogP contribution in [0.25, 0.3) is 0 Å². The average Bonchev–Trinajstić information content (AvgIpc) is 2.88. The minimum absolute atomic E-state index is 0.0735. The topological polar surface area (TPSA) is 45.6 Å². The number of carbonyl (C=O) groups excluding carboxylic acids is 1. The number of aromatic nitrogens is 1. The lowest BCUT2D eigenvalue weighted by atomic mass is 10.1. The zero-order valence-electron chi connectivity index (χ0n) is 15.0. The Labute approximate surface area is 138 Å². The molecule has 1 aliphatic heterocycles. The molecular formula is C18H29N3O2. The van der Waals surface area contributed by atoms with Crippen LogP contribution < -0.4 is 5.43 Å². The van der Waals surface area contributed by atoms with E-state index in [2.05, 4.69) is 18.7 Å². The van der Waals surface area contributed by atoms with Crippen LogP contribution in [0.15, 0.2) is 16.9 Å². The average molecular weight is 319 g/mol. The molecule has 1 unspecified atom stereocenters. The Balaban J connectivity index is 2.00. The van der Waals surface area contributed by atoms with Gasteiger partial charge >= 0.3 is 0 Å². The third-order valence-corrected chi connectivity index (χ3v) is 4.61. The van der Waals surface area contributed by atoms with Gasteiger partial charge in [-0.25, -0.2) is 0 Å². The SMILES string of the molecule is Cc1cc(=O)cc(C(=O)N(C)CC2CCN(CC(C)C)C2)n1C. The van der Waals surface area contributed by atoms with Gasteiger partial charge in [-0.1, -0.05) is 13.8 Å². The molecule has 1 aromatic rings. The Morgan fingerprint density at radius 1 is 1.39 bits per heavy atom. The first-order chi connectivity index (χ1) is 10.8. The zero-order valence-corrected chi connectivity index (χ0v) is 15.0. The lowest BCUT2D eigenvalue weighted by Crippen LogP contribution is -2.35. The molecule has 0 bridgehead atoms. The Morgan fingerprint density at radius 3 is 2.74 bits per heavy atom. The molecule has 0 radical (unpaired) electrons. The van der Waals surface area contributed by atoms with E-state index in [1.54, 1.807) is 15.5 Å². The smallest absolute Gasteiger partial charge is 0.270 e. The quantitative estimate of drug-likeness (QED) is 0.830. The van der Waals surface area contributed by atoms with Gasteiger partial charge in [-0.05, 0) is 31.7 Å². The summed E-state index contributed by atoms with van der Waals surface area (Å²) in [7, 11) is 3.66. The van der Waals surface area contributed by atoms with Crippen molar-refractivity contribution in [3.63, 3.8) is 0 Å². The van der Waals surface area contributed by atoms with E-state index in [0.717, 1.165) is 38.3 Å². The second kappa shape index (κ2) is 7.30. The summed E-state index contributed by atoms with van der Waals surface area (Å²) in [5, 5.41) is 0. The molecule has 1 aromatic heterocycles. The molecule has 0 aliphatic carbocycles. The highest BCUT2D eigenvalue weighted by Crippen LogP contribution is 2.19. The van der Waals surface area contributed by atoms with Crippen LogP contribution in [0.5, 0.6) is 0 Å². The van der Waals surface area contributed by atoms with Crippen LogP contribution in [0, 0.1) is 18.8 Å². The molecule has 5 heteroatoms. The molecule has 0 spiro atoms. The van der Waals surface area contributed by atoms with Crippen LogP contribution >= 0.6 is 0 Å². The Morgan fingerprint density at radius 2 is 2.09 bits per heavy atom. The van der Waals surface area contributed by atoms with Crippen molar-refractivity contribution in [2.75, 3.05) is 33.2 Å². The van der Waals surface area contributed by atoms with E-state index in [4.69, 9.17) is 0 Å². The van der Waals surface area contributed by atoms with Gasteiger partial charge in [0, 0.05) is 51.6 Å². The van der Waals surface area contributed by atoms with Crippen molar-refractivity contribution < 1.29 is 4.79 Å². The van der Waals surface area contributed by atoms with E-state index in [1.807, 2.05) is 21.0 Å². The standard InChI is InChI=1S/C18H29N3O2/c1-13(2)10-21-7-6-15(12-21)11-19(4)18(23)17-9-16(22)8-14(3)20(17)5/h8-9,13,15H,6-7,10-12H2,1-5H3. The minimum Gasteiger partial charge on any atom is -0.344 e. The van der Waals surface area contributed by atoms with Gasteiger partial charge in [-0.15, -0.1) is 0 Å². The van der Waals surface area contributed by atoms with E-state index >= 15 is 0 Å². The van der Waals surface area contributed by atoms with E-state index in [9.17, 15) is 9.59 Å². The lowest BCUT2D eigenvalue weighted by molar-refractivity contribution is 0.0762. The molecule has 2 rings (SSSR count). The third kappa shape index (κ3) is 4.44. The maximum atomic E-state index is 12.7. The van der Waals surface area contributed by atoms with Crippen LogP contribution in [0.1, 0.15) is 36.5 Å². The predicted molar refractivity (Wildman–Crippen MR) is 92.8 cm³/mol. The summed E-state index contributed by atoms with van der Waals surface area (Å²) in [6.45, 7) is 10.4. The van der Waals surface area contributed by atoms with Gasteiger partial charge < -0.3 is 14.4 Å². The number of aryl methyl sites for hydroxylation is 1. The van der Waals surface area contributed by atoms with E-state index in [0.29, 0.717) is 17.5 Å². The zero-order chi connectivity index (χ0) is 17.1. The molecule has 0 N–H and O–H groups in total. The maximum absolute atomic E-state index is 12.7. The molecular weight excluding hydrogens is 290 g/mol. The lowest BCUT2D eigenvalue weighted by Gasteiger charge is -2.23. The second-order valence-electron chi connectivity index (χ2n) is 7.27. The van der Waals surface area contributed by atoms with Crippen LogP contribution in [0.3, 0.4) is 0 Å². The Hall–Kier alpha value is -1.62. The van der Waals surface area contributed by atoms with Crippen molar-refractivity contribution in [3.8, 4) is 0 Å². The third-order valence-electron chi connectivity index (χ3n) is 4.61. The van der Waals surface area contributed by atoms with Gasteiger partial charge in [-0.2, -0.15) is 0 Å². The first-order valence-electron chi connectivity index (χ1n) is 8.43. The largest absolute Gasteiger partial charge is 0.344 e. The fourth-order valence-electron chi connectivity index (χ4n) is 3.38. The summed E-state index contributed by atoms with van der Waals surface area (Å²) in [6, 6.07) is 2.99. The summed E-state index contributed by atoms with van der Waals surface area (Å²) in [5.41, 5.74) is 1.16. The highest BCUT2D eigenvalue weighted by molar-refractivity contribution is 5.92. The Kier molecular flexibility index (Phi) is 5.63. The number of pyridine rings is 1. The molecule has 1 aliphatic rings. The minimum atomic E-state index is -0.110. The number of carbonyl (C=O) groups is 1. The van der Waals surface area contributed by atoms with Gasteiger partial charge in [0.25, 0.3) is 5.91 Å². The molecule has 0 saturated carbocycles. The molecule has 1 amide bonds. The van der Waals surface area contributed by atoms with E-state index in [-0.39, 0.29) is 11.3 Å². The van der Waals surface area contributed by atoms with Gasteiger partial charge in [-0.3, -0.25) is 9.59 Å². The van der Waals surface area contributed by atoms with Crippen molar-refractivity contribution in [1.29, 1.82) is 0 Å². The van der Waals surface area contributed by atoms with Crippen molar-refractivity contribution in [3.05, 3.63) is 33.7 Å². The number of likely N-dealkylation sites (tertiary alicyclic amines) is 1. The Bertz CT molecular complexity index is 621. The van der Waals surface area contributed by atoms with Crippen LogP contribution in [-0.2, 0) is 7.05 Å². The molecule has 5 nitrogen and oxygen atoms in total. The summed E-state index contributed by atoms with van der Waals surface area (Å²) < 4.78 is 1.79. The van der Waals surface area contributed by atoms with Crippen LogP contribution in [0.2, 0.25) is 0 Å². The molecule has 128 valence electrons. The van der Waals surface area contributed by atoms with Gasteiger partial charge in [0.15, 0.2) is 5.43 Å². The van der Waals surface area contributed by atoms with E-state index in [1.165, 1.54) is 6.07 Å². The van der Waals surface area contributed by atoms with E-state index < -0.39 is 0 Å². The van der Waals surface area contributed by atoms with Crippen molar-refractivity contribution in [2.24, 2.45) is 18.9 Å². The number of rotatable bonds is 5. The van der Waals surface area contributed by atoms with Gasteiger partial charge in [0.05, 0.1) is 0 Å². The van der Waals surface area contributed by atoms with Gasteiger partial charge in [0.1, 0.15) is 5.69 Å². The molecule has 1 fully saturated rings. The molecule has 1 saturated heterocycles. The second-order valence-corrected chi connectivity index (χ2v) is 7.27. The highest BCUT2D eigenvalue weighted by Gasteiger charge is 2.26. The van der Waals surface area contributed by atoms with Gasteiger partial charge in [0.2, 0.25) is 0 Å². The maximum Gasteiger partial charge on any atom is 0.270 e. The fourth-order valence-corrected chi connectivity index (χ4v) is 3.38. The van der Waals surface area contributed by atoms with Crippen LogP contribution in [-0.4, -0.2) is 53.5 Å².